The Morgan fingerprint density at radius 2 is 1.74 bits per heavy atom. The molecule has 0 spiro atoms. The molecule has 0 amide bonds. The van der Waals surface area contributed by atoms with E-state index in [1.807, 2.05) is 60.4 Å². The van der Waals surface area contributed by atoms with Crippen molar-refractivity contribution in [3.63, 3.8) is 0 Å². The van der Waals surface area contributed by atoms with E-state index in [2.05, 4.69) is 48.4 Å². The van der Waals surface area contributed by atoms with E-state index in [1.54, 1.807) is 7.11 Å². The smallest absolute Gasteiger partial charge is 0.253 e. The highest BCUT2D eigenvalue weighted by molar-refractivity contribution is 7.80. The van der Waals surface area contributed by atoms with E-state index in [0.717, 1.165) is 38.9 Å². The molecule has 1 atom stereocenters. The number of thiocarbonyl (C=S) groups is 1. The molecule has 0 aliphatic rings. The molecule has 0 bridgehead atoms. The van der Waals surface area contributed by atoms with Crippen molar-refractivity contribution in [3.05, 3.63) is 111 Å². The monoisotopic (exact) mass is 485 g/mol. The number of fused-ring (bicyclic) bond motifs is 1. The summed E-state index contributed by atoms with van der Waals surface area (Å²) in [6.45, 7) is 7.11. The third-order valence-corrected chi connectivity index (χ3v) is 6.57. The number of aromatic nitrogens is 1. The van der Waals surface area contributed by atoms with Gasteiger partial charge < -0.3 is 19.9 Å². The molecule has 4 aromatic rings. The van der Waals surface area contributed by atoms with Gasteiger partial charge in [-0.05, 0) is 79.3 Å². The Hall–Kier alpha value is -3.64. The normalized spacial score (nSPS) is 11.8. The molecule has 0 aliphatic carbocycles. The van der Waals surface area contributed by atoms with E-state index >= 15 is 0 Å². The quantitative estimate of drug-likeness (QED) is 0.325. The van der Waals surface area contributed by atoms with Crippen molar-refractivity contribution in [2.75, 3.05) is 7.11 Å². The number of aryl methyl sites for hydroxylation is 2. The molecule has 0 radical (unpaired) electrons. The fourth-order valence-electron chi connectivity index (χ4n) is 4.31. The summed E-state index contributed by atoms with van der Waals surface area (Å²) in [6, 6.07) is 24.3. The zero-order valence-corrected chi connectivity index (χ0v) is 21.4. The van der Waals surface area contributed by atoms with Crippen LogP contribution in [0.4, 0.5) is 0 Å². The van der Waals surface area contributed by atoms with Crippen LogP contribution < -0.4 is 15.6 Å². The van der Waals surface area contributed by atoms with E-state index in [0.29, 0.717) is 23.8 Å². The summed E-state index contributed by atoms with van der Waals surface area (Å²) in [5.74, 6) is 0.801. The number of hydrogen-bond donors (Lipinski definition) is 2. The van der Waals surface area contributed by atoms with Crippen LogP contribution in [-0.4, -0.2) is 22.1 Å². The molecule has 1 aromatic heterocycles. The third-order valence-electron chi connectivity index (χ3n) is 6.19. The van der Waals surface area contributed by atoms with Crippen LogP contribution in [0, 0.1) is 13.8 Å². The molecule has 1 heterocycles. The number of H-pyrrole nitrogens is 1. The molecule has 0 saturated heterocycles. The minimum atomic E-state index is -0.0944. The maximum Gasteiger partial charge on any atom is 0.253 e. The second-order valence-electron chi connectivity index (χ2n) is 8.96. The van der Waals surface area contributed by atoms with Crippen LogP contribution in [-0.2, 0) is 13.1 Å². The lowest BCUT2D eigenvalue weighted by Crippen LogP contribution is -2.41. The number of ether oxygens (including phenoxy) is 1. The summed E-state index contributed by atoms with van der Waals surface area (Å²) in [7, 11) is 1.65. The Kier molecular flexibility index (Phi) is 7.51. The largest absolute Gasteiger partial charge is 0.497 e. The predicted octanol–water partition coefficient (Wildman–Crippen LogP) is 5.79. The van der Waals surface area contributed by atoms with Crippen LogP contribution >= 0.6 is 12.2 Å². The Bertz CT molecular complexity index is 1380. The topological polar surface area (TPSA) is 57.4 Å². The van der Waals surface area contributed by atoms with Gasteiger partial charge in [-0.3, -0.25) is 4.79 Å². The molecular formula is C29H31N3O2S. The van der Waals surface area contributed by atoms with Gasteiger partial charge in [0.05, 0.1) is 25.2 Å². The van der Waals surface area contributed by atoms with Crippen molar-refractivity contribution in [3.8, 4) is 5.75 Å². The Morgan fingerprint density at radius 1 is 1.03 bits per heavy atom. The molecule has 6 heteroatoms. The highest BCUT2D eigenvalue weighted by Crippen LogP contribution is 2.20. The number of nitrogens with zero attached hydrogens (tertiary/aromatic N) is 1. The molecule has 3 aromatic carbocycles. The maximum absolute atomic E-state index is 13.0. The molecule has 0 fully saturated rings. The summed E-state index contributed by atoms with van der Waals surface area (Å²) in [5.41, 5.74) is 5.91. The van der Waals surface area contributed by atoms with E-state index < -0.39 is 0 Å². The first kappa shape index (κ1) is 24.5. The second kappa shape index (κ2) is 10.7. The van der Waals surface area contributed by atoms with Crippen LogP contribution in [0.25, 0.3) is 10.9 Å². The van der Waals surface area contributed by atoms with Gasteiger partial charge >= 0.3 is 0 Å². The summed E-state index contributed by atoms with van der Waals surface area (Å²) in [5, 5.41) is 5.08. The van der Waals surface area contributed by atoms with Gasteiger partial charge in [0.15, 0.2) is 5.11 Å². The fourth-order valence-corrected chi connectivity index (χ4v) is 4.61. The number of methoxy groups -OCH3 is 1. The molecule has 0 unspecified atom stereocenters. The van der Waals surface area contributed by atoms with Crippen molar-refractivity contribution in [1.29, 1.82) is 0 Å². The van der Waals surface area contributed by atoms with E-state index in [-0.39, 0.29) is 11.6 Å². The molecule has 2 N–H and O–H groups in total. The van der Waals surface area contributed by atoms with Gasteiger partial charge in [0, 0.05) is 12.1 Å². The summed E-state index contributed by atoms with van der Waals surface area (Å²) in [6.07, 6.45) is 0. The van der Waals surface area contributed by atoms with Gasteiger partial charge in [0.2, 0.25) is 0 Å². The molecule has 0 aliphatic heterocycles. The lowest BCUT2D eigenvalue weighted by molar-refractivity contribution is 0.390. The molecule has 5 nitrogen and oxygen atoms in total. The highest BCUT2D eigenvalue weighted by Gasteiger charge is 2.17. The minimum Gasteiger partial charge on any atom is -0.497 e. The molecule has 180 valence electrons. The molecule has 4 rings (SSSR count). The van der Waals surface area contributed by atoms with Crippen molar-refractivity contribution in [1.82, 2.24) is 15.2 Å². The Morgan fingerprint density at radius 3 is 2.43 bits per heavy atom. The van der Waals surface area contributed by atoms with E-state index in [1.165, 1.54) is 0 Å². The van der Waals surface area contributed by atoms with Crippen molar-refractivity contribution in [2.24, 2.45) is 0 Å². The van der Waals surface area contributed by atoms with Crippen LogP contribution in [0.1, 0.15) is 40.8 Å². The maximum atomic E-state index is 13.0. The lowest BCUT2D eigenvalue weighted by atomic mass is 10.0. The zero-order chi connectivity index (χ0) is 24.9. The summed E-state index contributed by atoms with van der Waals surface area (Å²) in [4.78, 5) is 18.2. The van der Waals surface area contributed by atoms with Crippen molar-refractivity contribution in [2.45, 2.75) is 39.9 Å². The second-order valence-corrected chi connectivity index (χ2v) is 9.34. The van der Waals surface area contributed by atoms with Crippen molar-refractivity contribution < 1.29 is 4.74 Å². The number of nitrogens with one attached hydrogen (secondary N) is 2. The first-order valence-corrected chi connectivity index (χ1v) is 12.1. The number of aromatic amines is 1. The minimum absolute atomic E-state index is 0.0299. The van der Waals surface area contributed by atoms with Gasteiger partial charge in [0.1, 0.15) is 5.75 Å². The number of rotatable bonds is 7. The van der Waals surface area contributed by atoms with Crippen LogP contribution in [0.3, 0.4) is 0 Å². The number of pyridine rings is 1. The standard InChI is InChI=1S/C29H31N3O2S/c1-19-14-20(2)27-24(15-19)16-25(28(33)31-27)18-32(17-22-10-12-26(34-4)13-11-22)29(35)30-21(3)23-8-6-5-7-9-23/h5-16,21H,17-18H2,1-4H3,(H,30,35)(H,31,33)/t21-/m1/s1. The van der Waals surface area contributed by atoms with Crippen molar-refractivity contribution >= 4 is 28.2 Å². The van der Waals surface area contributed by atoms with Crippen LogP contribution in [0.15, 0.2) is 77.6 Å². The predicted molar refractivity (Wildman–Crippen MR) is 147 cm³/mol. The number of hydrogen-bond acceptors (Lipinski definition) is 3. The fraction of sp³-hybridized carbons (Fsp3) is 0.241. The summed E-state index contributed by atoms with van der Waals surface area (Å²) >= 11 is 5.86. The molecule has 35 heavy (non-hydrogen) atoms. The van der Waals surface area contributed by atoms with Gasteiger partial charge in [-0.15, -0.1) is 0 Å². The van der Waals surface area contributed by atoms with Gasteiger partial charge in [0.25, 0.3) is 5.56 Å². The van der Waals surface area contributed by atoms with E-state index in [9.17, 15) is 4.79 Å². The number of benzene rings is 3. The third kappa shape index (κ3) is 5.89. The highest BCUT2D eigenvalue weighted by atomic mass is 32.1. The Balaban J connectivity index is 1.64. The average Bonchev–Trinajstić information content (AvgIpc) is 2.85. The summed E-state index contributed by atoms with van der Waals surface area (Å²) < 4.78 is 5.30. The van der Waals surface area contributed by atoms with Gasteiger partial charge in [-0.25, -0.2) is 0 Å². The molecule has 0 saturated carbocycles. The van der Waals surface area contributed by atoms with Crippen LogP contribution in [0.2, 0.25) is 0 Å². The van der Waals surface area contributed by atoms with Crippen LogP contribution in [0.5, 0.6) is 5.75 Å². The Labute approximate surface area is 211 Å². The SMILES string of the molecule is COc1ccc(CN(Cc2cc3cc(C)cc(C)c3[nH]c2=O)C(=S)N[C@H](C)c2ccccc2)cc1. The first-order valence-electron chi connectivity index (χ1n) is 11.7. The molecular weight excluding hydrogens is 454 g/mol. The lowest BCUT2D eigenvalue weighted by Gasteiger charge is -2.28. The van der Waals surface area contributed by atoms with Gasteiger partial charge in [-0.1, -0.05) is 54.1 Å². The zero-order valence-electron chi connectivity index (χ0n) is 20.6. The van der Waals surface area contributed by atoms with E-state index in [4.69, 9.17) is 17.0 Å². The van der Waals surface area contributed by atoms with Gasteiger partial charge in [-0.2, -0.15) is 0 Å². The first-order chi connectivity index (χ1) is 16.8. The average molecular weight is 486 g/mol.